The smallest absolute Gasteiger partial charge is 0.338 e. The van der Waals surface area contributed by atoms with Crippen molar-refractivity contribution in [3.05, 3.63) is 64.2 Å². The highest BCUT2D eigenvalue weighted by Gasteiger charge is 2.12. The number of hydrogen-bond acceptors (Lipinski definition) is 3. The van der Waals surface area contributed by atoms with Gasteiger partial charge in [0.25, 0.3) is 5.91 Å². The van der Waals surface area contributed by atoms with E-state index < -0.39 is 5.97 Å². The summed E-state index contributed by atoms with van der Waals surface area (Å²) in [5, 5.41) is 3.06. The fourth-order valence-corrected chi connectivity index (χ4v) is 2.03. The minimum atomic E-state index is -0.454. The second-order valence-corrected chi connectivity index (χ2v) is 5.14. The van der Waals surface area contributed by atoms with Crippen LogP contribution >= 0.6 is 11.6 Å². The lowest BCUT2D eigenvalue weighted by Crippen LogP contribution is -2.13. The highest BCUT2D eigenvalue weighted by atomic mass is 35.5. The van der Waals surface area contributed by atoms with E-state index in [1.54, 1.807) is 31.2 Å². The van der Waals surface area contributed by atoms with Crippen molar-refractivity contribution in [1.29, 1.82) is 0 Å². The molecule has 0 radical (unpaired) electrons. The Hall–Kier alpha value is -2.33. The Morgan fingerprint density at radius 1 is 1.09 bits per heavy atom. The van der Waals surface area contributed by atoms with Crippen molar-refractivity contribution in [3.8, 4) is 0 Å². The first kappa shape index (κ1) is 16.0. The molecule has 0 unspecified atom stereocenters. The first-order valence-corrected chi connectivity index (χ1v) is 7.23. The fraction of sp³-hybridized carbons (Fsp3) is 0.176. The molecule has 0 aromatic heterocycles. The van der Waals surface area contributed by atoms with Crippen LogP contribution in [0.2, 0.25) is 5.02 Å². The summed E-state index contributed by atoms with van der Waals surface area (Å²) in [7, 11) is 0. The predicted molar refractivity (Wildman–Crippen MR) is 86.5 cm³/mol. The number of nitrogens with one attached hydrogen (secondary N) is 1. The number of rotatable bonds is 4. The number of ether oxygens (including phenoxy) is 1. The van der Waals surface area contributed by atoms with Crippen LogP contribution < -0.4 is 5.32 Å². The molecule has 2 rings (SSSR count). The molecule has 0 aliphatic rings. The molecule has 0 aliphatic carbocycles. The van der Waals surface area contributed by atoms with Crippen LogP contribution in [0, 0.1) is 6.92 Å². The van der Waals surface area contributed by atoms with Gasteiger partial charge in [0.15, 0.2) is 0 Å². The maximum Gasteiger partial charge on any atom is 0.338 e. The van der Waals surface area contributed by atoms with Crippen molar-refractivity contribution in [3.63, 3.8) is 0 Å². The molecule has 114 valence electrons. The molecule has 5 heteroatoms. The van der Waals surface area contributed by atoms with Crippen molar-refractivity contribution in [2.24, 2.45) is 0 Å². The van der Waals surface area contributed by atoms with Crippen molar-refractivity contribution >= 4 is 29.2 Å². The van der Waals surface area contributed by atoms with Gasteiger partial charge in [0, 0.05) is 5.56 Å². The normalized spacial score (nSPS) is 10.1. The number of anilines is 1. The summed E-state index contributed by atoms with van der Waals surface area (Å²) in [6, 6.07) is 11.8. The Balaban J connectivity index is 2.21. The standard InChI is InChI=1S/C17H16ClNO3/c1-3-22-17(21)13-8-9-14(18)15(10-13)19-16(20)12-6-4-11(2)5-7-12/h4-10H,3H2,1-2H3,(H,19,20). The number of halogens is 1. The quantitative estimate of drug-likeness (QED) is 0.864. The van der Waals surface area contributed by atoms with Gasteiger partial charge in [-0.2, -0.15) is 0 Å². The molecule has 22 heavy (non-hydrogen) atoms. The van der Waals surface area contributed by atoms with Gasteiger partial charge in [-0.05, 0) is 44.2 Å². The van der Waals surface area contributed by atoms with E-state index in [0.717, 1.165) is 5.56 Å². The first-order chi connectivity index (χ1) is 10.5. The molecule has 1 amide bonds. The molecule has 4 nitrogen and oxygen atoms in total. The lowest BCUT2D eigenvalue weighted by atomic mass is 10.1. The molecule has 2 aromatic carbocycles. The molecule has 0 fully saturated rings. The summed E-state index contributed by atoms with van der Waals surface area (Å²) in [5.74, 6) is -0.743. The second-order valence-electron chi connectivity index (χ2n) is 4.74. The van der Waals surface area contributed by atoms with E-state index in [1.165, 1.54) is 6.07 Å². The zero-order valence-electron chi connectivity index (χ0n) is 12.4. The maximum absolute atomic E-state index is 12.2. The Morgan fingerprint density at radius 2 is 1.73 bits per heavy atom. The summed E-state index contributed by atoms with van der Waals surface area (Å²) >= 11 is 6.07. The van der Waals surface area contributed by atoms with Crippen LogP contribution in [-0.4, -0.2) is 18.5 Å². The van der Waals surface area contributed by atoms with Gasteiger partial charge in [0.1, 0.15) is 0 Å². The molecule has 0 heterocycles. The molecule has 0 saturated heterocycles. The van der Waals surface area contributed by atoms with Crippen LogP contribution in [0.5, 0.6) is 0 Å². The third kappa shape index (κ3) is 3.86. The van der Waals surface area contributed by atoms with Gasteiger partial charge < -0.3 is 10.1 Å². The van der Waals surface area contributed by atoms with Crippen molar-refractivity contribution in [1.82, 2.24) is 0 Å². The summed E-state index contributed by atoms with van der Waals surface area (Å²) in [4.78, 5) is 23.9. The summed E-state index contributed by atoms with van der Waals surface area (Å²) in [6.45, 7) is 3.96. The number of benzene rings is 2. The number of carbonyl (C=O) groups excluding carboxylic acids is 2. The number of hydrogen-bond donors (Lipinski definition) is 1. The second kappa shape index (κ2) is 7.09. The molecule has 2 aromatic rings. The highest BCUT2D eigenvalue weighted by molar-refractivity contribution is 6.34. The molecular weight excluding hydrogens is 302 g/mol. The largest absolute Gasteiger partial charge is 0.462 e. The third-order valence-electron chi connectivity index (χ3n) is 3.04. The first-order valence-electron chi connectivity index (χ1n) is 6.86. The van der Waals surface area contributed by atoms with Crippen LogP contribution in [0.1, 0.15) is 33.2 Å². The molecule has 0 saturated carbocycles. The van der Waals surface area contributed by atoms with Gasteiger partial charge in [0.05, 0.1) is 22.9 Å². The van der Waals surface area contributed by atoms with E-state index in [0.29, 0.717) is 21.8 Å². The van der Waals surface area contributed by atoms with Gasteiger partial charge in [-0.1, -0.05) is 29.3 Å². The van der Waals surface area contributed by atoms with Gasteiger partial charge in [0.2, 0.25) is 0 Å². The van der Waals surface area contributed by atoms with Crippen LogP contribution in [0.25, 0.3) is 0 Å². The van der Waals surface area contributed by atoms with Crippen molar-refractivity contribution < 1.29 is 14.3 Å². The van der Waals surface area contributed by atoms with Gasteiger partial charge in [-0.15, -0.1) is 0 Å². The Kier molecular flexibility index (Phi) is 5.17. The number of carbonyl (C=O) groups is 2. The van der Waals surface area contributed by atoms with Crippen LogP contribution in [0.3, 0.4) is 0 Å². The lowest BCUT2D eigenvalue weighted by molar-refractivity contribution is 0.0526. The van der Waals surface area contributed by atoms with Crippen LogP contribution in [-0.2, 0) is 4.74 Å². The summed E-state index contributed by atoms with van der Waals surface area (Å²) < 4.78 is 4.93. The fourth-order valence-electron chi connectivity index (χ4n) is 1.86. The molecule has 0 atom stereocenters. The highest BCUT2D eigenvalue weighted by Crippen LogP contribution is 2.24. The minimum Gasteiger partial charge on any atom is -0.462 e. The number of esters is 1. The molecule has 0 spiro atoms. The summed E-state index contributed by atoms with van der Waals surface area (Å²) in [5.41, 5.74) is 2.30. The van der Waals surface area contributed by atoms with Gasteiger partial charge in [-0.3, -0.25) is 4.79 Å². The number of aryl methyl sites for hydroxylation is 1. The van der Waals surface area contributed by atoms with Crippen LogP contribution in [0.15, 0.2) is 42.5 Å². The predicted octanol–water partition coefficient (Wildman–Crippen LogP) is 4.08. The molecule has 0 aliphatic heterocycles. The van der Waals surface area contributed by atoms with Crippen molar-refractivity contribution in [2.75, 3.05) is 11.9 Å². The average molecular weight is 318 g/mol. The molecule has 0 bridgehead atoms. The minimum absolute atomic E-state index is 0.284. The van der Waals surface area contributed by atoms with E-state index in [4.69, 9.17) is 16.3 Å². The topological polar surface area (TPSA) is 55.4 Å². The van der Waals surface area contributed by atoms with Gasteiger partial charge >= 0.3 is 5.97 Å². The molecular formula is C17H16ClNO3. The van der Waals surface area contributed by atoms with E-state index in [9.17, 15) is 9.59 Å². The Labute approximate surface area is 134 Å². The monoisotopic (exact) mass is 317 g/mol. The van der Waals surface area contributed by atoms with E-state index in [1.807, 2.05) is 19.1 Å². The third-order valence-corrected chi connectivity index (χ3v) is 3.37. The van der Waals surface area contributed by atoms with Gasteiger partial charge in [-0.25, -0.2) is 4.79 Å². The Bertz CT molecular complexity index is 696. The lowest BCUT2D eigenvalue weighted by Gasteiger charge is -2.09. The number of amides is 1. The zero-order chi connectivity index (χ0) is 16.1. The SMILES string of the molecule is CCOC(=O)c1ccc(Cl)c(NC(=O)c2ccc(C)cc2)c1. The van der Waals surface area contributed by atoms with E-state index in [2.05, 4.69) is 5.32 Å². The van der Waals surface area contributed by atoms with E-state index in [-0.39, 0.29) is 12.5 Å². The zero-order valence-corrected chi connectivity index (χ0v) is 13.1. The maximum atomic E-state index is 12.2. The molecule has 1 N–H and O–H groups in total. The van der Waals surface area contributed by atoms with Crippen molar-refractivity contribution in [2.45, 2.75) is 13.8 Å². The average Bonchev–Trinajstić information content (AvgIpc) is 2.50. The Morgan fingerprint density at radius 3 is 2.36 bits per heavy atom. The summed E-state index contributed by atoms with van der Waals surface area (Å²) in [6.07, 6.45) is 0. The van der Waals surface area contributed by atoms with E-state index >= 15 is 0 Å². The van der Waals surface area contributed by atoms with Crippen LogP contribution in [0.4, 0.5) is 5.69 Å².